The largest absolute Gasteiger partial charge is 0.460 e. The fraction of sp³-hybridized carbons (Fsp3) is 0.478. The smallest absolute Gasteiger partial charge is 0.459 e. The molecule has 0 bridgehead atoms. The van der Waals surface area contributed by atoms with E-state index in [9.17, 15) is 23.7 Å². The molecule has 208 valence electrons. The van der Waals surface area contributed by atoms with E-state index in [1.807, 2.05) is 0 Å². The van der Waals surface area contributed by atoms with Crippen LogP contribution in [0.5, 0.6) is 5.75 Å². The number of nitrogens with zero attached hydrogens (tertiary/aromatic N) is 1. The number of esters is 2. The Bertz CT molecular complexity index is 1260. The maximum Gasteiger partial charge on any atom is 0.459 e. The van der Waals surface area contributed by atoms with Crippen LogP contribution < -0.4 is 20.9 Å². The molecule has 0 radical (unpaired) electrons. The minimum atomic E-state index is -4.24. The Morgan fingerprint density at radius 3 is 2.47 bits per heavy atom. The molecule has 0 aliphatic carbocycles. The van der Waals surface area contributed by atoms with Gasteiger partial charge in [-0.1, -0.05) is 18.2 Å². The summed E-state index contributed by atoms with van der Waals surface area (Å²) in [7, 11) is -4.24. The van der Waals surface area contributed by atoms with Crippen molar-refractivity contribution in [3.63, 3.8) is 0 Å². The number of H-pyrrole nitrogens is 1. The average molecular weight is 555 g/mol. The fourth-order valence-corrected chi connectivity index (χ4v) is 4.62. The highest BCUT2D eigenvalue weighted by Crippen LogP contribution is 2.45. The maximum atomic E-state index is 13.6. The first-order valence-corrected chi connectivity index (χ1v) is 13.3. The molecule has 1 aliphatic rings. The third-order valence-electron chi connectivity index (χ3n) is 4.93. The van der Waals surface area contributed by atoms with Crippen molar-refractivity contribution >= 4 is 19.7 Å². The Balaban J connectivity index is 1.65. The molecular weight excluding hydrogens is 525 g/mol. The van der Waals surface area contributed by atoms with E-state index in [0.717, 1.165) is 10.6 Å². The van der Waals surface area contributed by atoms with Crippen LogP contribution >= 0.6 is 7.75 Å². The van der Waals surface area contributed by atoms with Gasteiger partial charge in [-0.25, -0.2) is 14.2 Å². The van der Waals surface area contributed by atoms with E-state index in [2.05, 4.69) is 10.1 Å². The average Bonchev–Trinajstić information content (AvgIpc) is 3.31. The topological polar surface area (TPSA) is 173 Å². The van der Waals surface area contributed by atoms with Crippen LogP contribution in [0.4, 0.5) is 0 Å². The van der Waals surface area contributed by atoms with Crippen molar-refractivity contribution in [3.05, 3.63) is 63.4 Å². The first-order chi connectivity index (χ1) is 18.0. The number of para-hydroxylation sites is 1. The van der Waals surface area contributed by atoms with Crippen molar-refractivity contribution in [2.24, 2.45) is 0 Å². The highest BCUT2D eigenvalue weighted by atomic mass is 31.2. The molecule has 5 atom stereocenters. The minimum absolute atomic E-state index is 0.0512. The summed E-state index contributed by atoms with van der Waals surface area (Å²) in [6.07, 6.45) is -2.25. The summed E-state index contributed by atoms with van der Waals surface area (Å²) in [5.41, 5.74) is -1.25. The summed E-state index contributed by atoms with van der Waals surface area (Å²) in [6, 6.07) is 8.02. The molecule has 15 heteroatoms. The van der Waals surface area contributed by atoms with Crippen molar-refractivity contribution in [2.75, 3.05) is 13.2 Å². The molecule has 38 heavy (non-hydrogen) atoms. The molecule has 2 N–H and O–H groups in total. The molecule has 0 saturated carbocycles. The van der Waals surface area contributed by atoms with Crippen LogP contribution in [0, 0.1) is 0 Å². The van der Waals surface area contributed by atoms with Gasteiger partial charge in [0.05, 0.1) is 12.7 Å². The Hall–Kier alpha value is -3.29. The highest BCUT2D eigenvalue weighted by molar-refractivity contribution is 7.52. The molecule has 1 saturated heterocycles. The molecular formula is C23H30N3O11P. The van der Waals surface area contributed by atoms with E-state index in [1.165, 1.54) is 32.2 Å². The predicted molar refractivity (Wildman–Crippen MR) is 131 cm³/mol. The summed E-state index contributed by atoms with van der Waals surface area (Å²) >= 11 is 0. The molecule has 14 nitrogen and oxygen atoms in total. The third-order valence-corrected chi connectivity index (χ3v) is 6.57. The van der Waals surface area contributed by atoms with Crippen LogP contribution in [0.25, 0.3) is 0 Å². The van der Waals surface area contributed by atoms with Gasteiger partial charge in [-0.3, -0.25) is 23.7 Å². The van der Waals surface area contributed by atoms with Gasteiger partial charge in [0.25, 0.3) is 5.56 Å². The first kappa shape index (κ1) is 29.3. The monoisotopic (exact) mass is 555 g/mol. The van der Waals surface area contributed by atoms with Crippen LogP contribution in [-0.2, 0) is 37.6 Å². The quantitative estimate of drug-likeness (QED) is 0.286. The Labute approximate surface area is 217 Å². The van der Waals surface area contributed by atoms with Crippen LogP contribution in [0.2, 0.25) is 0 Å². The van der Waals surface area contributed by atoms with Crippen LogP contribution in [0.1, 0.15) is 33.9 Å². The van der Waals surface area contributed by atoms with Gasteiger partial charge >= 0.3 is 25.4 Å². The second-order valence-electron chi connectivity index (χ2n) is 8.48. The molecule has 0 amide bonds. The van der Waals surface area contributed by atoms with Crippen LogP contribution in [0.3, 0.4) is 0 Å². The molecule has 2 aromatic rings. The zero-order valence-electron chi connectivity index (χ0n) is 21.2. The van der Waals surface area contributed by atoms with Crippen molar-refractivity contribution < 1.29 is 42.1 Å². The van der Waals surface area contributed by atoms with Crippen molar-refractivity contribution in [1.82, 2.24) is 14.6 Å². The Morgan fingerprint density at radius 1 is 1.11 bits per heavy atom. The number of aromatic amines is 1. The van der Waals surface area contributed by atoms with Crippen molar-refractivity contribution in [3.8, 4) is 5.75 Å². The molecule has 2 heterocycles. The lowest BCUT2D eigenvalue weighted by Crippen LogP contribution is -2.39. The van der Waals surface area contributed by atoms with Gasteiger partial charge in [0, 0.05) is 12.3 Å². The predicted octanol–water partition coefficient (Wildman–Crippen LogP) is 1.47. The lowest BCUT2D eigenvalue weighted by molar-refractivity contribution is -0.169. The van der Waals surface area contributed by atoms with Gasteiger partial charge in [-0.15, -0.1) is 0 Å². The Morgan fingerprint density at radius 2 is 1.82 bits per heavy atom. The van der Waals surface area contributed by atoms with Crippen molar-refractivity contribution in [1.29, 1.82) is 0 Å². The molecule has 1 aromatic heterocycles. The van der Waals surface area contributed by atoms with E-state index < -0.39 is 68.3 Å². The maximum absolute atomic E-state index is 13.6. The summed E-state index contributed by atoms with van der Waals surface area (Å²) < 4.78 is 47.0. The number of carbonyl (C=O) groups excluding carboxylic acids is 2. The van der Waals surface area contributed by atoms with Gasteiger partial charge < -0.3 is 23.5 Å². The van der Waals surface area contributed by atoms with Crippen LogP contribution in [0.15, 0.2) is 52.2 Å². The molecule has 1 aliphatic heterocycles. The van der Waals surface area contributed by atoms with Gasteiger partial charge in [0.1, 0.15) is 18.4 Å². The van der Waals surface area contributed by atoms with Gasteiger partial charge in [0.2, 0.25) is 0 Å². The lowest BCUT2D eigenvalue weighted by Gasteiger charge is -2.24. The van der Waals surface area contributed by atoms with E-state index in [-0.39, 0.29) is 12.4 Å². The third kappa shape index (κ3) is 8.36. The number of aromatic nitrogens is 2. The fourth-order valence-electron chi connectivity index (χ4n) is 3.14. The summed E-state index contributed by atoms with van der Waals surface area (Å²) in [6.45, 7) is 5.56. The minimum Gasteiger partial charge on any atom is -0.460 e. The number of hydrogen-bond donors (Lipinski definition) is 2. The standard InChI is InChI=1S/C23H30N3O11P/c1-14(2)34-22(29)16(4)35-21(28)15(3)25-38(31,37-17-8-6-5-7-9-17)33-13-20-32-12-19(36-20)26-11-10-18(27)24-23(26)30/h5-11,14-16,19-20H,12-13H2,1-4H3,(H,25,31)(H,24,27,30)/t15-,16-,19+,20+,38-/m0/s1. The SMILES string of the molecule is CC(C)OC(=O)[C@H](C)OC(=O)[C@H](C)N[P@](=O)(OC[C@@H]1OC[C@H](n2ccc(=O)[nH]c2=O)O1)Oc1ccccc1. The van der Waals surface area contributed by atoms with E-state index >= 15 is 0 Å². The second-order valence-corrected chi connectivity index (χ2v) is 10.2. The molecule has 1 fully saturated rings. The first-order valence-electron chi connectivity index (χ1n) is 11.7. The number of rotatable bonds is 12. The van der Waals surface area contributed by atoms with E-state index in [0.29, 0.717) is 0 Å². The van der Waals surface area contributed by atoms with Gasteiger partial charge in [-0.2, -0.15) is 5.09 Å². The summed E-state index contributed by atoms with van der Waals surface area (Å²) in [4.78, 5) is 49.9. The number of nitrogens with one attached hydrogen (secondary N) is 2. The van der Waals surface area contributed by atoms with E-state index in [4.69, 9.17) is 28.0 Å². The Kier molecular flexibility index (Phi) is 10.00. The number of benzene rings is 1. The molecule has 0 spiro atoms. The van der Waals surface area contributed by atoms with Gasteiger partial charge in [-0.05, 0) is 39.8 Å². The van der Waals surface area contributed by atoms with Gasteiger partial charge in [0.15, 0.2) is 18.6 Å². The highest BCUT2D eigenvalue weighted by Gasteiger charge is 2.36. The van der Waals surface area contributed by atoms with E-state index in [1.54, 1.807) is 32.0 Å². The summed E-state index contributed by atoms with van der Waals surface area (Å²) in [5, 5.41) is 2.49. The number of carbonyl (C=O) groups is 2. The lowest BCUT2D eigenvalue weighted by atomic mass is 10.3. The van der Waals surface area contributed by atoms with Crippen LogP contribution in [-0.4, -0.2) is 59.2 Å². The molecule has 1 aromatic carbocycles. The molecule has 3 rings (SSSR count). The van der Waals surface area contributed by atoms with Crippen molar-refractivity contribution in [2.45, 2.75) is 58.5 Å². The summed E-state index contributed by atoms with van der Waals surface area (Å²) in [5.74, 6) is -1.44. The second kappa shape index (κ2) is 13.0. The normalized spacial score (nSPS) is 20.3. The zero-order chi connectivity index (χ0) is 27.9. The molecule has 0 unspecified atom stereocenters. The number of ether oxygens (including phenoxy) is 4. The zero-order valence-corrected chi connectivity index (χ0v) is 22.1. The number of hydrogen-bond acceptors (Lipinski definition) is 11.